The standard InChI is InChI=1S/C18H22N4O3/c19-9-14-13(11-4-3-7-22(10-11)18(24)25)8-15(21-17(14)20)12-5-1-2-6-16(12)23/h1-2,5-6,8,11,23H,3-4,7,9-10,19H2,(H2,20,21)(H,24,25). The first-order chi connectivity index (χ1) is 12.0. The lowest BCUT2D eigenvalue weighted by atomic mass is 9.87. The number of nitrogen functional groups attached to an aromatic ring is 1. The third-order valence-electron chi connectivity index (χ3n) is 4.71. The number of phenolic OH excluding ortho intramolecular Hbond substituents is 1. The Hall–Kier alpha value is -2.80. The van der Waals surface area contributed by atoms with Gasteiger partial charge in [0, 0.05) is 36.7 Å². The number of carboxylic acid groups (broad SMARTS) is 1. The predicted molar refractivity (Wildman–Crippen MR) is 95.2 cm³/mol. The lowest BCUT2D eigenvalue weighted by molar-refractivity contribution is 0.130. The van der Waals surface area contributed by atoms with E-state index in [4.69, 9.17) is 11.5 Å². The fraction of sp³-hybridized carbons (Fsp3) is 0.333. The van der Waals surface area contributed by atoms with Gasteiger partial charge in [-0.2, -0.15) is 0 Å². The molecule has 1 aliphatic rings. The Balaban J connectivity index is 2.06. The van der Waals surface area contributed by atoms with Crippen LogP contribution < -0.4 is 11.5 Å². The van der Waals surface area contributed by atoms with Crippen molar-refractivity contribution in [1.82, 2.24) is 9.88 Å². The van der Waals surface area contributed by atoms with Gasteiger partial charge < -0.3 is 26.6 Å². The molecule has 1 aromatic carbocycles. The maximum atomic E-state index is 11.3. The van der Waals surface area contributed by atoms with Crippen molar-refractivity contribution in [2.75, 3.05) is 18.8 Å². The molecule has 0 saturated carbocycles. The highest BCUT2D eigenvalue weighted by atomic mass is 16.4. The van der Waals surface area contributed by atoms with Crippen LogP contribution in [-0.2, 0) is 6.54 Å². The van der Waals surface area contributed by atoms with E-state index in [1.54, 1.807) is 18.2 Å². The van der Waals surface area contributed by atoms with Gasteiger partial charge in [0.1, 0.15) is 11.6 Å². The van der Waals surface area contributed by atoms with Crippen LogP contribution in [0.1, 0.15) is 29.9 Å². The quantitative estimate of drug-likeness (QED) is 0.678. The number of nitrogens with two attached hydrogens (primary N) is 2. The summed E-state index contributed by atoms with van der Waals surface area (Å²) in [5.74, 6) is 0.459. The van der Waals surface area contributed by atoms with Crippen LogP contribution in [0.3, 0.4) is 0 Å². The minimum Gasteiger partial charge on any atom is -0.507 e. The monoisotopic (exact) mass is 342 g/mol. The van der Waals surface area contributed by atoms with Crippen LogP contribution >= 0.6 is 0 Å². The van der Waals surface area contributed by atoms with Crippen molar-refractivity contribution in [1.29, 1.82) is 0 Å². The third kappa shape index (κ3) is 3.36. The summed E-state index contributed by atoms with van der Waals surface area (Å²) in [6.07, 6.45) is 0.734. The third-order valence-corrected chi connectivity index (χ3v) is 4.71. The van der Waals surface area contributed by atoms with Crippen molar-refractivity contribution >= 4 is 11.9 Å². The van der Waals surface area contributed by atoms with Crippen LogP contribution in [-0.4, -0.2) is 39.3 Å². The average molecular weight is 342 g/mol. The molecule has 0 spiro atoms. The van der Waals surface area contributed by atoms with Crippen LogP contribution in [0.5, 0.6) is 5.75 Å². The smallest absolute Gasteiger partial charge is 0.407 e. The number of benzene rings is 1. The number of aromatic nitrogens is 1. The summed E-state index contributed by atoms with van der Waals surface area (Å²) in [6, 6.07) is 8.80. The molecule has 0 bridgehead atoms. The van der Waals surface area contributed by atoms with Crippen LogP contribution in [0, 0.1) is 0 Å². The van der Waals surface area contributed by atoms with Gasteiger partial charge in [-0.05, 0) is 36.6 Å². The van der Waals surface area contributed by atoms with Gasteiger partial charge in [-0.25, -0.2) is 9.78 Å². The molecule has 2 aromatic rings. The number of anilines is 1. The van der Waals surface area contributed by atoms with Crippen molar-refractivity contribution in [3.63, 3.8) is 0 Å². The van der Waals surface area contributed by atoms with E-state index in [9.17, 15) is 15.0 Å². The number of carbonyl (C=O) groups is 1. The normalized spacial score (nSPS) is 17.5. The SMILES string of the molecule is NCc1c(C2CCCN(C(=O)O)C2)cc(-c2ccccc2O)nc1N. The fourth-order valence-corrected chi connectivity index (χ4v) is 3.43. The zero-order valence-corrected chi connectivity index (χ0v) is 13.9. The lowest BCUT2D eigenvalue weighted by Gasteiger charge is -2.32. The van der Waals surface area contributed by atoms with Crippen LogP contribution in [0.15, 0.2) is 30.3 Å². The number of phenols is 1. The number of nitrogens with zero attached hydrogens (tertiary/aromatic N) is 2. The topological polar surface area (TPSA) is 126 Å². The second-order valence-electron chi connectivity index (χ2n) is 6.25. The number of pyridine rings is 1. The lowest BCUT2D eigenvalue weighted by Crippen LogP contribution is -2.38. The second kappa shape index (κ2) is 6.98. The van der Waals surface area contributed by atoms with E-state index in [0.717, 1.165) is 24.0 Å². The molecule has 1 saturated heterocycles. The second-order valence-corrected chi connectivity index (χ2v) is 6.25. The van der Waals surface area contributed by atoms with Crippen molar-refractivity contribution < 1.29 is 15.0 Å². The van der Waals surface area contributed by atoms with E-state index in [2.05, 4.69) is 4.98 Å². The first-order valence-electron chi connectivity index (χ1n) is 8.26. The number of aromatic hydroxyl groups is 1. The summed E-state index contributed by atoms with van der Waals surface area (Å²) in [6.45, 7) is 1.18. The Bertz CT molecular complexity index is 794. The number of piperidine rings is 1. The van der Waals surface area contributed by atoms with Gasteiger partial charge in [0.2, 0.25) is 0 Å². The predicted octanol–water partition coefficient (Wildman–Crippen LogP) is 2.35. The Labute approximate surface area is 145 Å². The number of hydrogen-bond acceptors (Lipinski definition) is 5. The summed E-state index contributed by atoms with van der Waals surface area (Å²) in [4.78, 5) is 17.1. The van der Waals surface area contributed by atoms with Gasteiger partial charge in [0.05, 0.1) is 5.69 Å². The molecule has 1 atom stereocenters. The zero-order chi connectivity index (χ0) is 18.0. The summed E-state index contributed by atoms with van der Waals surface area (Å²) < 4.78 is 0. The highest BCUT2D eigenvalue weighted by Crippen LogP contribution is 2.36. The van der Waals surface area contributed by atoms with Crippen molar-refractivity contribution in [2.45, 2.75) is 25.3 Å². The largest absolute Gasteiger partial charge is 0.507 e. The molecular weight excluding hydrogens is 320 g/mol. The first kappa shape index (κ1) is 17.0. The first-order valence-corrected chi connectivity index (χ1v) is 8.26. The Morgan fingerprint density at radius 3 is 2.80 bits per heavy atom. The van der Waals surface area contributed by atoms with Crippen LogP contribution in [0.2, 0.25) is 0 Å². The van der Waals surface area contributed by atoms with Crippen molar-refractivity contribution in [3.05, 3.63) is 41.5 Å². The average Bonchev–Trinajstić information content (AvgIpc) is 2.61. The number of hydrogen-bond donors (Lipinski definition) is 4. The summed E-state index contributed by atoms with van der Waals surface area (Å²) in [5.41, 5.74) is 14.8. The molecule has 3 rings (SSSR count). The van der Waals surface area contributed by atoms with E-state index in [1.165, 1.54) is 4.90 Å². The Morgan fingerprint density at radius 2 is 2.12 bits per heavy atom. The Morgan fingerprint density at radius 1 is 1.36 bits per heavy atom. The minimum atomic E-state index is -0.915. The molecular formula is C18H22N4O3. The molecule has 1 aliphatic heterocycles. The van der Waals surface area contributed by atoms with Crippen LogP contribution in [0.4, 0.5) is 10.6 Å². The minimum absolute atomic E-state index is 0.0123. The summed E-state index contributed by atoms with van der Waals surface area (Å²) in [5, 5.41) is 19.4. The molecule has 1 aromatic heterocycles. The molecule has 1 fully saturated rings. The maximum Gasteiger partial charge on any atom is 0.407 e. The number of rotatable bonds is 3. The maximum absolute atomic E-state index is 11.3. The molecule has 7 nitrogen and oxygen atoms in total. The van der Waals surface area contributed by atoms with E-state index < -0.39 is 6.09 Å². The highest BCUT2D eigenvalue weighted by molar-refractivity contribution is 5.70. The molecule has 7 heteroatoms. The Kier molecular flexibility index (Phi) is 4.76. The van der Waals surface area contributed by atoms with E-state index >= 15 is 0 Å². The highest BCUT2D eigenvalue weighted by Gasteiger charge is 2.27. The molecule has 132 valence electrons. The molecule has 1 unspecified atom stereocenters. The number of likely N-dealkylation sites (tertiary alicyclic amines) is 1. The molecule has 25 heavy (non-hydrogen) atoms. The molecule has 1 amide bonds. The van der Waals surface area contributed by atoms with Gasteiger partial charge in [-0.1, -0.05) is 12.1 Å². The van der Waals surface area contributed by atoms with Gasteiger partial charge in [0.25, 0.3) is 0 Å². The summed E-state index contributed by atoms with van der Waals surface area (Å²) in [7, 11) is 0. The van der Waals surface area contributed by atoms with Gasteiger partial charge in [-0.3, -0.25) is 0 Å². The molecule has 0 aliphatic carbocycles. The zero-order valence-electron chi connectivity index (χ0n) is 13.9. The van der Waals surface area contributed by atoms with Gasteiger partial charge in [0.15, 0.2) is 0 Å². The van der Waals surface area contributed by atoms with E-state index in [1.807, 2.05) is 12.1 Å². The van der Waals surface area contributed by atoms with Gasteiger partial charge >= 0.3 is 6.09 Å². The van der Waals surface area contributed by atoms with Crippen molar-refractivity contribution in [2.24, 2.45) is 5.73 Å². The van der Waals surface area contributed by atoms with Gasteiger partial charge in [-0.15, -0.1) is 0 Å². The fourth-order valence-electron chi connectivity index (χ4n) is 3.43. The number of amides is 1. The molecule has 2 heterocycles. The molecule has 0 radical (unpaired) electrons. The number of para-hydroxylation sites is 1. The van der Waals surface area contributed by atoms with E-state index in [-0.39, 0.29) is 18.2 Å². The van der Waals surface area contributed by atoms with Crippen molar-refractivity contribution in [3.8, 4) is 17.0 Å². The summed E-state index contributed by atoms with van der Waals surface area (Å²) >= 11 is 0. The van der Waals surface area contributed by atoms with E-state index in [0.29, 0.717) is 30.2 Å². The molecule has 6 N–H and O–H groups in total. The van der Waals surface area contributed by atoms with Crippen LogP contribution in [0.25, 0.3) is 11.3 Å².